The highest BCUT2D eigenvalue weighted by Crippen LogP contribution is 2.62. The molecule has 0 saturated heterocycles. The van der Waals surface area contributed by atoms with Gasteiger partial charge in [0.15, 0.2) is 0 Å². The van der Waals surface area contributed by atoms with Crippen molar-refractivity contribution in [2.75, 3.05) is 0 Å². The van der Waals surface area contributed by atoms with Crippen molar-refractivity contribution in [1.82, 2.24) is 0 Å². The second-order valence-electron chi connectivity index (χ2n) is 2.76. The van der Waals surface area contributed by atoms with Crippen LogP contribution in [0.3, 0.4) is 0 Å². The Morgan fingerprint density at radius 2 is 2.22 bits per heavy atom. The van der Waals surface area contributed by atoms with E-state index in [0.29, 0.717) is 12.8 Å². The molecule has 0 heterocycles. The maximum Gasteiger partial charge on any atom is 0.261 e. The molecule has 0 N–H and O–H groups in total. The van der Waals surface area contributed by atoms with Crippen LogP contribution in [-0.2, 0) is 4.79 Å². The van der Waals surface area contributed by atoms with Crippen LogP contribution < -0.4 is 0 Å². The van der Waals surface area contributed by atoms with Crippen molar-refractivity contribution in [3.8, 4) is 0 Å². The summed E-state index contributed by atoms with van der Waals surface area (Å²) in [5, 5.41) is 0. The topological polar surface area (TPSA) is 17.1 Å². The van der Waals surface area contributed by atoms with E-state index in [9.17, 15) is 13.6 Å². The highest BCUT2D eigenvalue weighted by Gasteiger charge is 2.73. The minimum Gasteiger partial charge on any atom is -0.299 e. The summed E-state index contributed by atoms with van der Waals surface area (Å²) in [6, 6.07) is 0. The Morgan fingerprint density at radius 3 is 2.44 bits per heavy atom. The predicted octanol–water partition coefficient (Wildman–Crippen LogP) is 1.23. The van der Waals surface area contributed by atoms with E-state index in [-0.39, 0.29) is 5.78 Å². The molecule has 50 valence electrons. The van der Waals surface area contributed by atoms with Crippen molar-refractivity contribution in [3.05, 3.63) is 0 Å². The average Bonchev–Trinajstić information content (AvgIpc) is 2.19. The Labute approximate surface area is 51.0 Å². The summed E-state index contributed by atoms with van der Waals surface area (Å²) in [5.41, 5.74) is 0. The Morgan fingerprint density at radius 1 is 1.56 bits per heavy atom. The molecular formula is C6H6F2O. The van der Waals surface area contributed by atoms with E-state index in [1.165, 1.54) is 0 Å². The van der Waals surface area contributed by atoms with Gasteiger partial charge in [-0.2, -0.15) is 0 Å². The third-order valence-corrected chi connectivity index (χ3v) is 2.25. The highest BCUT2D eigenvalue weighted by molar-refractivity contribution is 5.88. The molecule has 2 saturated carbocycles. The zero-order chi connectivity index (χ0) is 6.65. The average molecular weight is 132 g/mol. The van der Waals surface area contributed by atoms with Gasteiger partial charge in [0.05, 0.1) is 5.92 Å². The quantitative estimate of drug-likeness (QED) is 0.484. The molecule has 0 spiro atoms. The third-order valence-electron chi connectivity index (χ3n) is 2.25. The second kappa shape index (κ2) is 1.18. The van der Waals surface area contributed by atoms with Crippen LogP contribution in [0.2, 0.25) is 0 Å². The van der Waals surface area contributed by atoms with Crippen LogP contribution in [0.5, 0.6) is 0 Å². The van der Waals surface area contributed by atoms with Gasteiger partial charge in [-0.15, -0.1) is 0 Å². The molecule has 3 heteroatoms. The molecule has 0 radical (unpaired) electrons. The fraction of sp³-hybridized carbons (Fsp3) is 0.833. The number of hydrogen-bond donors (Lipinski definition) is 0. The molecule has 2 atom stereocenters. The number of fused-ring (bicyclic) bond motifs is 1. The van der Waals surface area contributed by atoms with E-state index in [4.69, 9.17) is 0 Å². The lowest BCUT2D eigenvalue weighted by Crippen LogP contribution is -2.07. The lowest BCUT2D eigenvalue weighted by atomic mass is 10.2. The fourth-order valence-electron chi connectivity index (χ4n) is 1.64. The molecule has 2 fully saturated rings. The number of carbonyl (C=O) groups excluding carboxylic acids is 1. The van der Waals surface area contributed by atoms with Gasteiger partial charge in [0, 0.05) is 12.3 Å². The summed E-state index contributed by atoms with van der Waals surface area (Å²) >= 11 is 0. The number of halogens is 2. The Kier molecular flexibility index (Phi) is 0.695. The summed E-state index contributed by atoms with van der Waals surface area (Å²) in [5.74, 6) is -4.30. The van der Waals surface area contributed by atoms with Crippen LogP contribution in [0.1, 0.15) is 12.8 Å². The maximum atomic E-state index is 12.3. The summed E-state index contributed by atoms with van der Waals surface area (Å²) in [6.07, 6.45) is 0.793. The fourth-order valence-corrected chi connectivity index (χ4v) is 1.64. The minimum absolute atomic E-state index is 0.231. The van der Waals surface area contributed by atoms with Crippen molar-refractivity contribution in [2.45, 2.75) is 18.8 Å². The molecule has 0 aromatic heterocycles. The lowest BCUT2D eigenvalue weighted by Gasteiger charge is -1.96. The van der Waals surface area contributed by atoms with Crippen molar-refractivity contribution < 1.29 is 13.6 Å². The van der Waals surface area contributed by atoms with Crippen LogP contribution in [0, 0.1) is 11.8 Å². The number of Topliss-reactive ketones (excluding diaryl/α,β-unsaturated/α-hetero) is 1. The molecule has 0 bridgehead atoms. The van der Waals surface area contributed by atoms with Gasteiger partial charge < -0.3 is 0 Å². The van der Waals surface area contributed by atoms with Gasteiger partial charge in [-0.25, -0.2) is 8.78 Å². The normalized spacial score (nSPS) is 44.9. The van der Waals surface area contributed by atoms with Crippen molar-refractivity contribution in [1.29, 1.82) is 0 Å². The summed E-state index contributed by atoms with van der Waals surface area (Å²) in [7, 11) is 0. The van der Waals surface area contributed by atoms with E-state index in [0.717, 1.165) is 0 Å². The monoisotopic (exact) mass is 132 g/mol. The summed E-state index contributed by atoms with van der Waals surface area (Å²) < 4.78 is 24.5. The first-order valence-corrected chi connectivity index (χ1v) is 3.04. The van der Waals surface area contributed by atoms with Crippen molar-refractivity contribution in [3.63, 3.8) is 0 Å². The molecule has 1 nitrogen and oxygen atoms in total. The Bertz CT molecular complexity index is 176. The molecule has 0 unspecified atom stereocenters. The van der Waals surface area contributed by atoms with Gasteiger partial charge in [0.1, 0.15) is 5.78 Å². The Hall–Kier alpha value is -0.470. The third kappa shape index (κ3) is 0.454. The van der Waals surface area contributed by atoms with Crippen LogP contribution in [-0.4, -0.2) is 11.7 Å². The highest BCUT2D eigenvalue weighted by atomic mass is 19.3. The van der Waals surface area contributed by atoms with Crippen LogP contribution in [0.4, 0.5) is 8.78 Å². The largest absolute Gasteiger partial charge is 0.299 e. The number of carbonyl (C=O) groups is 1. The molecule has 9 heavy (non-hydrogen) atoms. The van der Waals surface area contributed by atoms with E-state index in [2.05, 4.69) is 0 Å². The smallest absolute Gasteiger partial charge is 0.261 e. The molecular weight excluding hydrogens is 126 g/mol. The van der Waals surface area contributed by atoms with E-state index >= 15 is 0 Å². The molecule has 0 amide bonds. The second-order valence-corrected chi connectivity index (χ2v) is 2.76. The summed E-state index contributed by atoms with van der Waals surface area (Å²) in [4.78, 5) is 10.6. The SMILES string of the molecule is O=C1CC[C@H]2[C@@H]1C2(F)F. The first-order chi connectivity index (χ1) is 4.14. The van der Waals surface area contributed by atoms with Crippen LogP contribution >= 0.6 is 0 Å². The van der Waals surface area contributed by atoms with Gasteiger partial charge >= 0.3 is 0 Å². The Balaban J connectivity index is 2.23. The zero-order valence-electron chi connectivity index (χ0n) is 4.73. The first-order valence-electron chi connectivity index (χ1n) is 3.04. The number of rotatable bonds is 0. The van der Waals surface area contributed by atoms with Crippen molar-refractivity contribution in [2.24, 2.45) is 11.8 Å². The molecule has 2 aliphatic carbocycles. The number of ketones is 1. The number of alkyl halides is 2. The maximum absolute atomic E-state index is 12.3. The van der Waals surface area contributed by atoms with Gasteiger partial charge in [0.2, 0.25) is 0 Å². The molecule has 0 aromatic rings. The molecule has 2 rings (SSSR count). The van der Waals surface area contributed by atoms with E-state index < -0.39 is 17.8 Å². The molecule has 0 aliphatic heterocycles. The van der Waals surface area contributed by atoms with E-state index in [1.807, 2.05) is 0 Å². The molecule has 2 aliphatic rings. The number of hydrogen-bond acceptors (Lipinski definition) is 1. The standard InChI is InChI=1S/C6H6F2O/c7-6(8)3-1-2-4(9)5(3)6/h3,5H,1-2H2/t3-,5-/m0/s1. The van der Waals surface area contributed by atoms with Gasteiger partial charge in [-0.1, -0.05) is 0 Å². The van der Waals surface area contributed by atoms with Crippen molar-refractivity contribution >= 4 is 5.78 Å². The predicted molar refractivity (Wildman–Crippen MR) is 26.2 cm³/mol. The van der Waals surface area contributed by atoms with E-state index in [1.54, 1.807) is 0 Å². The molecule has 0 aromatic carbocycles. The zero-order valence-corrected chi connectivity index (χ0v) is 4.73. The minimum atomic E-state index is -2.62. The first kappa shape index (κ1) is 5.33. The lowest BCUT2D eigenvalue weighted by molar-refractivity contribution is -0.121. The van der Waals surface area contributed by atoms with Gasteiger partial charge in [-0.3, -0.25) is 4.79 Å². The summed E-state index contributed by atoms with van der Waals surface area (Å²) in [6.45, 7) is 0. The van der Waals surface area contributed by atoms with Crippen LogP contribution in [0.25, 0.3) is 0 Å². The van der Waals surface area contributed by atoms with Gasteiger partial charge in [-0.05, 0) is 6.42 Å². The van der Waals surface area contributed by atoms with Crippen LogP contribution in [0.15, 0.2) is 0 Å². The van der Waals surface area contributed by atoms with Gasteiger partial charge in [0.25, 0.3) is 5.92 Å².